The molecule has 3 fully saturated rings. The van der Waals surface area contributed by atoms with Crippen LogP contribution in [0.15, 0.2) is 46.3 Å². The summed E-state index contributed by atoms with van der Waals surface area (Å²) in [5, 5.41) is 16.3. The fourth-order valence-electron chi connectivity index (χ4n) is 9.31. The van der Waals surface area contributed by atoms with Crippen LogP contribution in [0.25, 0.3) is 0 Å². The third-order valence-electron chi connectivity index (χ3n) is 12.2. The average Bonchev–Trinajstić information content (AvgIpc) is 2.89. The van der Waals surface area contributed by atoms with E-state index in [0.29, 0.717) is 11.5 Å². The Kier molecular flexibility index (Phi) is 6.52. The number of nitrogens with one attached hydrogen (secondary N) is 2. The topological polar surface area (TPSA) is 105 Å². The molecule has 0 bridgehead atoms. The molecular formula is C33H46N2O5. The summed E-state index contributed by atoms with van der Waals surface area (Å²) < 4.78 is 4.77. The third-order valence-corrected chi connectivity index (χ3v) is 12.2. The van der Waals surface area contributed by atoms with Crippen LogP contribution in [0.1, 0.15) is 93.4 Å². The molecule has 40 heavy (non-hydrogen) atoms. The van der Waals surface area contributed by atoms with Crippen LogP contribution < -0.4 is 10.6 Å². The number of allylic oxidation sites excluding steroid dienone is 7. The van der Waals surface area contributed by atoms with Crippen LogP contribution in [0.4, 0.5) is 4.79 Å². The predicted octanol–water partition coefficient (Wildman–Crippen LogP) is 6.23. The number of fused-ring (bicyclic) bond motifs is 7. The van der Waals surface area contributed by atoms with Crippen molar-refractivity contribution < 1.29 is 24.2 Å². The molecule has 7 atom stereocenters. The zero-order chi connectivity index (χ0) is 29.5. The van der Waals surface area contributed by atoms with Gasteiger partial charge in [0.05, 0.1) is 7.11 Å². The Morgan fingerprint density at radius 2 is 1.70 bits per heavy atom. The van der Waals surface area contributed by atoms with Crippen molar-refractivity contribution in [2.45, 2.75) is 105 Å². The number of esters is 1. The molecule has 0 aliphatic heterocycles. The number of aliphatic hydroxyl groups excluding tert-OH is 1. The van der Waals surface area contributed by atoms with Gasteiger partial charge >= 0.3 is 12.0 Å². The molecule has 5 aliphatic rings. The van der Waals surface area contributed by atoms with E-state index in [1.165, 1.54) is 12.7 Å². The minimum absolute atomic E-state index is 0.00207. The van der Waals surface area contributed by atoms with Crippen molar-refractivity contribution >= 4 is 17.8 Å². The number of amides is 2. The quantitative estimate of drug-likeness (QED) is 0.362. The SMILES string of the molecule is COC(=O)[C@H](C)NC(=O)N[C@]1(C)CC[C@]2(C)CC[C@]3(C)C4=CC=C5C(=CC(=O)C(O)=C5C)[C@]4(C)CC[C@@]3(C)[C@@H]2C1. The Morgan fingerprint density at radius 3 is 2.38 bits per heavy atom. The molecule has 0 spiro atoms. The Balaban J connectivity index is 1.48. The average molecular weight is 551 g/mol. The number of rotatable bonds is 3. The maximum absolute atomic E-state index is 13.0. The molecule has 3 N–H and O–H groups in total. The second kappa shape index (κ2) is 9.09. The van der Waals surface area contributed by atoms with Crippen molar-refractivity contribution in [2.24, 2.45) is 27.6 Å². The second-order valence-corrected chi connectivity index (χ2v) is 14.5. The minimum Gasteiger partial charge on any atom is -0.504 e. The van der Waals surface area contributed by atoms with Gasteiger partial charge in [0.25, 0.3) is 0 Å². The van der Waals surface area contributed by atoms with Gasteiger partial charge in [-0.2, -0.15) is 0 Å². The van der Waals surface area contributed by atoms with Crippen molar-refractivity contribution in [3.05, 3.63) is 46.3 Å². The first-order valence-corrected chi connectivity index (χ1v) is 14.8. The smallest absolute Gasteiger partial charge is 0.328 e. The highest BCUT2D eigenvalue weighted by atomic mass is 16.5. The van der Waals surface area contributed by atoms with E-state index in [0.717, 1.165) is 56.1 Å². The Bertz CT molecular complexity index is 1310. The number of ether oxygens (including phenoxy) is 1. The lowest BCUT2D eigenvalue weighted by Gasteiger charge is -2.70. The lowest BCUT2D eigenvalue weighted by Crippen LogP contribution is -2.65. The number of carbonyl (C=O) groups excluding carboxylic acids is 3. The summed E-state index contributed by atoms with van der Waals surface area (Å²) in [6.07, 6.45) is 13.0. The molecule has 0 unspecified atom stereocenters. The lowest BCUT2D eigenvalue weighted by molar-refractivity contribution is -0.152. The molecule has 5 rings (SSSR count). The van der Waals surface area contributed by atoms with E-state index in [1.54, 1.807) is 13.0 Å². The van der Waals surface area contributed by atoms with E-state index in [2.05, 4.69) is 57.4 Å². The zero-order valence-corrected chi connectivity index (χ0v) is 25.4. The molecule has 0 aromatic rings. The molecule has 218 valence electrons. The van der Waals surface area contributed by atoms with Gasteiger partial charge in [-0.15, -0.1) is 0 Å². The largest absolute Gasteiger partial charge is 0.504 e. The monoisotopic (exact) mass is 550 g/mol. The third kappa shape index (κ3) is 3.93. The fourth-order valence-corrected chi connectivity index (χ4v) is 9.31. The van der Waals surface area contributed by atoms with Crippen LogP contribution in [0.2, 0.25) is 0 Å². The number of methoxy groups -OCH3 is 1. The van der Waals surface area contributed by atoms with Crippen LogP contribution >= 0.6 is 0 Å². The van der Waals surface area contributed by atoms with Gasteiger partial charge in [-0.25, -0.2) is 9.59 Å². The van der Waals surface area contributed by atoms with E-state index in [9.17, 15) is 19.5 Å². The van der Waals surface area contributed by atoms with E-state index < -0.39 is 17.6 Å². The van der Waals surface area contributed by atoms with Gasteiger partial charge in [-0.3, -0.25) is 4.79 Å². The molecule has 5 aliphatic carbocycles. The molecule has 0 heterocycles. The molecule has 7 heteroatoms. The van der Waals surface area contributed by atoms with Crippen molar-refractivity contribution in [1.29, 1.82) is 0 Å². The van der Waals surface area contributed by atoms with Crippen molar-refractivity contribution in [3.63, 3.8) is 0 Å². The number of ketones is 1. The highest BCUT2D eigenvalue weighted by molar-refractivity contribution is 6.06. The van der Waals surface area contributed by atoms with Gasteiger partial charge in [0.15, 0.2) is 5.76 Å². The highest BCUT2D eigenvalue weighted by Crippen LogP contribution is 2.75. The highest BCUT2D eigenvalue weighted by Gasteiger charge is 2.66. The minimum atomic E-state index is -0.716. The first-order chi connectivity index (χ1) is 18.5. The van der Waals surface area contributed by atoms with Crippen molar-refractivity contribution in [2.75, 3.05) is 7.11 Å². The van der Waals surface area contributed by atoms with E-state index in [4.69, 9.17) is 4.74 Å². The number of urea groups is 1. The summed E-state index contributed by atoms with van der Waals surface area (Å²) in [6, 6.07) is -1.05. The molecule has 0 aromatic carbocycles. The Labute approximate surface area is 238 Å². The van der Waals surface area contributed by atoms with Crippen molar-refractivity contribution in [1.82, 2.24) is 10.6 Å². The summed E-state index contributed by atoms with van der Waals surface area (Å²) in [7, 11) is 1.32. The van der Waals surface area contributed by atoms with Crippen LogP contribution in [0, 0.1) is 27.6 Å². The molecule has 0 aromatic heterocycles. The summed E-state index contributed by atoms with van der Waals surface area (Å²) >= 11 is 0. The maximum Gasteiger partial charge on any atom is 0.328 e. The van der Waals surface area contributed by atoms with Gasteiger partial charge in [0.1, 0.15) is 6.04 Å². The summed E-state index contributed by atoms with van der Waals surface area (Å²) in [4.78, 5) is 37.5. The summed E-state index contributed by atoms with van der Waals surface area (Å²) in [6.45, 7) is 15.3. The molecule has 0 saturated heterocycles. The number of hydrogen-bond acceptors (Lipinski definition) is 5. The van der Waals surface area contributed by atoms with Crippen molar-refractivity contribution in [3.8, 4) is 0 Å². The molecule has 3 saturated carbocycles. The number of hydrogen-bond donors (Lipinski definition) is 3. The van der Waals surface area contributed by atoms with Crippen LogP contribution in [0.5, 0.6) is 0 Å². The molecule has 2 amide bonds. The molecule has 7 nitrogen and oxygen atoms in total. The number of carbonyl (C=O) groups is 3. The second-order valence-electron chi connectivity index (χ2n) is 14.5. The van der Waals surface area contributed by atoms with Crippen LogP contribution in [-0.2, 0) is 14.3 Å². The number of aliphatic hydroxyl groups is 1. The first-order valence-electron chi connectivity index (χ1n) is 14.8. The van der Waals surface area contributed by atoms with Crippen LogP contribution in [-0.4, -0.2) is 41.6 Å². The predicted molar refractivity (Wildman–Crippen MR) is 154 cm³/mol. The maximum atomic E-state index is 13.0. The normalized spacial score (nSPS) is 41.1. The van der Waals surface area contributed by atoms with E-state index in [-0.39, 0.29) is 39.2 Å². The Hall–Kier alpha value is -2.83. The lowest BCUT2D eigenvalue weighted by atomic mass is 9.35. The van der Waals surface area contributed by atoms with Gasteiger partial charge < -0.3 is 20.5 Å². The van der Waals surface area contributed by atoms with Gasteiger partial charge in [0, 0.05) is 16.5 Å². The van der Waals surface area contributed by atoms with E-state index >= 15 is 0 Å². The fraction of sp³-hybridized carbons (Fsp3) is 0.667. The van der Waals surface area contributed by atoms with Gasteiger partial charge in [0.2, 0.25) is 5.78 Å². The Morgan fingerprint density at radius 1 is 1.02 bits per heavy atom. The molecular weight excluding hydrogens is 504 g/mol. The first kappa shape index (κ1) is 28.7. The van der Waals surface area contributed by atoms with E-state index in [1.807, 2.05) is 6.92 Å². The van der Waals surface area contributed by atoms with Gasteiger partial charge in [-0.1, -0.05) is 45.4 Å². The molecule has 0 radical (unpaired) electrons. The zero-order valence-electron chi connectivity index (χ0n) is 25.4. The van der Waals surface area contributed by atoms with Crippen LogP contribution in [0.3, 0.4) is 0 Å². The summed E-state index contributed by atoms with van der Waals surface area (Å²) in [5.74, 6) is -0.518. The standard InChI is InChI=1S/C33H46N2O5/c1-19-21-9-10-24-31(5,22(21)17-23(36)26(19)37)14-16-33(7)25-18-30(4,35-28(39)34-20(2)27(38)40-8)13-11-29(25,3)12-15-32(24,33)6/h9-10,17,20,25,37H,11-16,18H2,1-8H3,(H2,34,35,39)/t20-,25+,29+,30+,31-,32+,33-/m0/s1. The summed E-state index contributed by atoms with van der Waals surface area (Å²) in [5.41, 5.74) is 3.56. The van der Waals surface area contributed by atoms with Gasteiger partial charge in [-0.05, 0) is 105 Å².